The van der Waals surface area contributed by atoms with Gasteiger partial charge in [-0.05, 0) is 18.6 Å². The van der Waals surface area contributed by atoms with E-state index in [2.05, 4.69) is 0 Å². The van der Waals surface area contributed by atoms with Crippen LogP contribution in [0.3, 0.4) is 0 Å². The molecule has 3 heteroatoms. The maximum atomic E-state index is 9.59. The van der Waals surface area contributed by atoms with Crippen LogP contribution in [0, 0.1) is 0 Å². The van der Waals surface area contributed by atoms with Crippen molar-refractivity contribution in [2.75, 3.05) is 0 Å². The minimum absolute atomic E-state index is 0.116. The Morgan fingerprint density at radius 3 is 2.67 bits per heavy atom. The molecule has 0 amide bonds. The number of benzene rings is 1. The van der Waals surface area contributed by atoms with Crippen LogP contribution >= 0.6 is 0 Å². The number of rotatable bonds is 2. The summed E-state index contributed by atoms with van der Waals surface area (Å²) in [6.45, 7) is 1.78. The molecule has 1 atom stereocenters. The van der Waals surface area contributed by atoms with Crippen molar-refractivity contribution >= 4 is 0 Å². The van der Waals surface area contributed by atoms with Crippen LogP contribution in [0.5, 0.6) is 5.75 Å². The molecule has 0 aliphatic rings. The van der Waals surface area contributed by atoms with Crippen LogP contribution < -0.4 is 5.73 Å². The fourth-order valence-electron chi connectivity index (χ4n) is 0.979. The molecule has 66 valence electrons. The summed E-state index contributed by atoms with van der Waals surface area (Å²) in [4.78, 5) is 0. The molecule has 0 bridgehead atoms. The van der Waals surface area contributed by atoms with Gasteiger partial charge in [-0.25, -0.2) is 0 Å². The highest BCUT2D eigenvalue weighted by Gasteiger charge is 2.20. The summed E-state index contributed by atoms with van der Waals surface area (Å²) in [5.74, 6) is 0.116. The second kappa shape index (κ2) is 3.13. The molecule has 0 fully saturated rings. The Balaban J connectivity index is 3.03. The Kier molecular flexibility index (Phi) is 2.35. The van der Waals surface area contributed by atoms with Gasteiger partial charge in [-0.2, -0.15) is 0 Å². The van der Waals surface area contributed by atoms with Crippen LogP contribution in [-0.2, 0) is 5.72 Å². The number of aliphatic hydroxyl groups is 1. The highest BCUT2D eigenvalue weighted by atomic mass is 16.3. The zero-order valence-corrected chi connectivity index (χ0v) is 6.99. The lowest BCUT2D eigenvalue weighted by Gasteiger charge is -2.21. The van der Waals surface area contributed by atoms with Crippen LogP contribution in [-0.4, -0.2) is 10.2 Å². The van der Waals surface area contributed by atoms with Gasteiger partial charge in [0.1, 0.15) is 11.5 Å². The fourth-order valence-corrected chi connectivity index (χ4v) is 0.979. The molecular formula is C9H13NO2. The van der Waals surface area contributed by atoms with Gasteiger partial charge in [0.15, 0.2) is 0 Å². The summed E-state index contributed by atoms with van der Waals surface area (Å²) in [5, 5.41) is 18.7. The predicted octanol–water partition coefficient (Wildman–Crippen LogP) is 0.906. The average Bonchev–Trinajstić information content (AvgIpc) is 2.05. The maximum Gasteiger partial charge on any atom is 0.139 e. The predicted molar refractivity (Wildman–Crippen MR) is 46.5 cm³/mol. The molecule has 0 aliphatic heterocycles. The van der Waals surface area contributed by atoms with Gasteiger partial charge in [0, 0.05) is 5.56 Å². The topological polar surface area (TPSA) is 66.5 Å². The van der Waals surface area contributed by atoms with Crippen molar-refractivity contribution in [3.8, 4) is 5.75 Å². The molecular weight excluding hydrogens is 154 g/mol. The Morgan fingerprint density at radius 2 is 2.17 bits per heavy atom. The summed E-state index contributed by atoms with van der Waals surface area (Å²) in [7, 11) is 0. The zero-order valence-electron chi connectivity index (χ0n) is 6.99. The molecule has 0 spiro atoms. The molecule has 0 saturated carbocycles. The Hall–Kier alpha value is -1.06. The number of phenolic OH excluding ortho intramolecular Hbond substituents is 1. The summed E-state index contributed by atoms with van der Waals surface area (Å²) in [6, 6.07) is 6.33. The first-order valence-electron chi connectivity index (χ1n) is 3.87. The third-order valence-electron chi connectivity index (χ3n) is 1.89. The lowest BCUT2D eigenvalue weighted by atomic mass is 10.0. The highest BCUT2D eigenvalue weighted by Crippen LogP contribution is 2.21. The summed E-state index contributed by atoms with van der Waals surface area (Å²) in [6.07, 6.45) is 0.413. The lowest BCUT2D eigenvalue weighted by Crippen LogP contribution is -2.35. The van der Waals surface area contributed by atoms with E-state index in [1.165, 1.54) is 12.1 Å². The first-order chi connectivity index (χ1) is 5.56. The van der Waals surface area contributed by atoms with Crippen LogP contribution in [0.15, 0.2) is 24.3 Å². The number of hydrogen-bond donors (Lipinski definition) is 3. The highest BCUT2D eigenvalue weighted by molar-refractivity contribution is 5.30. The second-order valence-corrected chi connectivity index (χ2v) is 2.83. The fraction of sp³-hybridized carbons (Fsp3) is 0.333. The van der Waals surface area contributed by atoms with Crippen molar-refractivity contribution in [3.05, 3.63) is 29.8 Å². The van der Waals surface area contributed by atoms with Crippen molar-refractivity contribution in [1.29, 1.82) is 0 Å². The van der Waals surface area contributed by atoms with Crippen LogP contribution in [0.4, 0.5) is 0 Å². The third kappa shape index (κ3) is 1.75. The number of nitrogens with two attached hydrogens (primary N) is 1. The Bertz CT molecular complexity index is 271. The summed E-state index contributed by atoms with van der Waals surface area (Å²) in [5.41, 5.74) is 4.75. The van der Waals surface area contributed by atoms with Crippen molar-refractivity contribution < 1.29 is 10.2 Å². The quantitative estimate of drug-likeness (QED) is 0.573. The van der Waals surface area contributed by atoms with Gasteiger partial charge >= 0.3 is 0 Å². The van der Waals surface area contributed by atoms with Gasteiger partial charge in [-0.3, -0.25) is 5.73 Å². The molecule has 1 unspecified atom stereocenters. The molecule has 12 heavy (non-hydrogen) atoms. The minimum atomic E-state index is -1.33. The molecule has 0 heterocycles. The van der Waals surface area contributed by atoms with E-state index in [4.69, 9.17) is 10.8 Å². The normalized spacial score (nSPS) is 15.6. The van der Waals surface area contributed by atoms with Crippen LogP contribution in [0.25, 0.3) is 0 Å². The van der Waals surface area contributed by atoms with Gasteiger partial charge in [0.05, 0.1) is 0 Å². The Labute approximate surface area is 71.5 Å². The van der Waals surface area contributed by atoms with Crippen molar-refractivity contribution in [1.82, 2.24) is 0 Å². The molecule has 1 aromatic carbocycles. The smallest absolute Gasteiger partial charge is 0.139 e. The van der Waals surface area contributed by atoms with E-state index in [9.17, 15) is 5.11 Å². The van der Waals surface area contributed by atoms with E-state index < -0.39 is 5.72 Å². The monoisotopic (exact) mass is 167 g/mol. The van der Waals surface area contributed by atoms with Crippen molar-refractivity contribution in [2.45, 2.75) is 19.1 Å². The standard InChI is InChI=1S/C9H13NO2/c1-2-9(10,12)7-4-3-5-8(11)6-7/h3-6,11-12H,2,10H2,1H3. The maximum absolute atomic E-state index is 9.59. The van der Waals surface area contributed by atoms with Gasteiger partial charge in [0.2, 0.25) is 0 Å². The first kappa shape index (κ1) is 9.03. The third-order valence-corrected chi connectivity index (χ3v) is 1.89. The minimum Gasteiger partial charge on any atom is -0.508 e. The molecule has 0 saturated heterocycles. The van der Waals surface area contributed by atoms with E-state index in [0.717, 1.165) is 0 Å². The molecule has 0 aliphatic carbocycles. The number of hydrogen-bond acceptors (Lipinski definition) is 3. The molecule has 4 N–H and O–H groups in total. The van der Waals surface area contributed by atoms with Crippen LogP contribution in [0.1, 0.15) is 18.9 Å². The van der Waals surface area contributed by atoms with Crippen molar-refractivity contribution in [2.24, 2.45) is 5.73 Å². The molecule has 0 radical (unpaired) electrons. The molecule has 1 rings (SSSR count). The number of phenols is 1. The van der Waals surface area contributed by atoms with Crippen molar-refractivity contribution in [3.63, 3.8) is 0 Å². The van der Waals surface area contributed by atoms with Crippen LogP contribution in [0.2, 0.25) is 0 Å². The summed E-state index contributed by atoms with van der Waals surface area (Å²) < 4.78 is 0. The van der Waals surface area contributed by atoms with Gasteiger partial charge in [-0.15, -0.1) is 0 Å². The van der Waals surface area contributed by atoms with E-state index >= 15 is 0 Å². The SMILES string of the molecule is CCC(N)(O)c1cccc(O)c1. The largest absolute Gasteiger partial charge is 0.508 e. The second-order valence-electron chi connectivity index (χ2n) is 2.83. The lowest BCUT2D eigenvalue weighted by molar-refractivity contribution is 0.0392. The van der Waals surface area contributed by atoms with Gasteiger partial charge in [-0.1, -0.05) is 19.1 Å². The average molecular weight is 167 g/mol. The molecule has 0 aromatic heterocycles. The zero-order chi connectivity index (χ0) is 9.19. The first-order valence-corrected chi connectivity index (χ1v) is 3.87. The van der Waals surface area contributed by atoms with E-state index in [1.54, 1.807) is 19.1 Å². The van der Waals surface area contributed by atoms with E-state index in [0.29, 0.717) is 12.0 Å². The van der Waals surface area contributed by atoms with Gasteiger partial charge in [0.25, 0.3) is 0 Å². The van der Waals surface area contributed by atoms with E-state index in [-0.39, 0.29) is 5.75 Å². The summed E-state index contributed by atoms with van der Waals surface area (Å²) >= 11 is 0. The Morgan fingerprint density at radius 1 is 1.50 bits per heavy atom. The number of aromatic hydroxyl groups is 1. The van der Waals surface area contributed by atoms with Gasteiger partial charge < -0.3 is 10.2 Å². The van der Waals surface area contributed by atoms with E-state index in [1.807, 2.05) is 0 Å². The molecule has 1 aromatic rings. The molecule has 3 nitrogen and oxygen atoms in total.